The second kappa shape index (κ2) is 5.82. The standard InChI is InChI=1S/C13H19N3O2/c1-3-18-13(17)11-4-5-15-12(10(11)2)16-8-6-14-7-9-16/h4-5,14H,3,6-9H2,1-2H3. The highest BCUT2D eigenvalue weighted by molar-refractivity contribution is 5.92. The maximum Gasteiger partial charge on any atom is 0.338 e. The van der Waals surface area contributed by atoms with Gasteiger partial charge in [0, 0.05) is 37.9 Å². The third-order valence-corrected chi connectivity index (χ3v) is 3.09. The molecule has 0 aliphatic carbocycles. The number of ether oxygens (including phenoxy) is 1. The summed E-state index contributed by atoms with van der Waals surface area (Å²) in [6.45, 7) is 7.86. The molecule has 0 aromatic carbocycles. The second-order valence-electron chi connectivity index (χ2n) is 4.26. The molecule has 1 aromatic rings. The number of hydrogen-bond acceptors (Lipinski definition) is 5. The van der Waals surface area contributed by atoms with Gasteiger partial charge in [-0.2, -0.15) is 0 Å². The molecule has 1 aliphatic rings. The highest BCUT2D eigenvalue weighted by atomic mass is 16.5. The smallest absolute Gasteiger partial charge is 0.338 e. The number of carbonyl (C=O) groups excluding carboxylic acids is 1. The van der Waals surface area contributed by atoms with E-state index in [2.05, 4.69) is 15.2 Å². The average Bonchev–Trinajstić information content (AvgIpc) is 2.40. The first kappa shape index (κ1) is 12.8. The van der Waals surface area contributed by atoms with E-state index < -0.39 is 0 Å². The predicted octanol–water partition coefficient (Wildman–Crippen LogP) is 0.976. The van der Waals surface area contributed by atoms with Crippen LogP contribution in [0.1, 0.15) is 22.8 Å². The Labute approximate surface area is 107 Å². The highest BCUT2D eigenvalue weighted by Crippen LogP contribution is 2.21. The number of carbonyl (C=O) groups is 1. The topological polar surface area (TPSA) is 54.5 Å². The molecule has 2 rings (SSSR count). The minimum Gasteiger partial charge on any atom is -0.462 e. The van der Waals surface area contributed by atoms with Gasteiger partial charge in [-0.25, -0.2) is 9.78 Å². The minimum absolute atomic E-state index is 0.270. The fourth-order valence-electron chi connectivity index (χ4n) is 2.15. The monoisotopic (exact) mass is 249 g/mol. The summed E-state index contributed by atoms with van der Waals surface area (Å²) in [5.74, 6) is 0.621. The minimum atomic E-state index is -0.270. The van der Waals surface area contributed by atoms with E-state index in [1.54, 1.807) is 12.3 Å². The summed E-state index contributed by atoms with van der Waals surface area (Å²) in [5, 5.41) is 3.30. The van der Waals surface area contributed by atoms with Crippen LogP contribution in [0.2, 0.25) is 0 Å². The molecule has 0 unspecified atom stereocenters. The highest BCUT2D eigenvalue weighted by Gasteiger charge is 2.18. The molecule has 5 heteroatoms. The van der Waals surface area contributed by atoms with Gasteiger partial charge in [-0.15, -0.1) is 0 Å². The lowest BCUT2D eigenvalue weighted by Crippen LogP contribution is -2.44. The van der Waals surface area contributed by atoms with E-state index in [4.69, 9.17) is 4.74 Å². The zero-order valence-corrected chi connectivity index (χ0v) is 10.9. The largest absolute Gasteiger partial charge is 0.462 e. The molecule has 0 saturated carbocycles. The van der Waals surface area contributed by atoms with E-state index in [0.29, 0.717) is 12.2 Å². The number of pyridine rings is 1. The van der Waals surface area contributed by atoms with Crippen LogP contribution >= 0.6 is 0 Å². The Kier molecular flexibility index (Phi) is 4.15. The molecular formula is C13H19N3O2. The molecule has 2 heterocycles. The first-order valence-electron chi connectivity index (χ1n) is 6.32. The number of esters is 1. The SMILES string of the molecule is CCOC(=O)c1ccnc(N2CCNCC2)c1C. The molecule has 0 amide bonds. The Morgan fingerprint density at radius 1 is 1.50 bits per heavy atom. The van der Waals surface area contributed by atoms with Crippen LogP contribution in [0.25, 0.3) is 0 Å². The van der Waals surface area contributed by atoms with Gasteiger partial charge < -0.3 is 15.0 Å². The first-order chi connectivity index (χ1) is 8.74. The van der Waals surface area contributed by atoms with Gasteiger partial charge in [-0.05, 0) is 19.9 Å². The Bertz CT molecular complexity index is 428. The van der Waals surface area contributed by atoms with Gasteiger partial charge in [-0.1, -0.05) is 0 Å². The van der Waals surface area contributed by atoms with Crippen molar-refractivity contribution in [3.8, 4) is 0 Å². The summed E-state index contributed by atoms with van der Waals surface area (Å²) in [7, 11) is 0. The molecule has 1 saturated heterocycles. The fraction of sp³-hybridized carbons (Fsp3) is 0.538. The predicted molar refractivity (Wildman–Crippen MR) is 70.0 cm³/mol. The summed E-state index contributed by atoms with van der Waals surface area (Å²) >= 11 is 0. The molecule has 1 fully saturated rings. The molecule has 1 aromatic heterocycles. The van der Waals surface area contributed by atoms with Crippen LogP contribution in [0.4, 0.5) is 5.82 Å². The van der Waals surface area contributed by atoms with E-state index in [1.165, 1.54) is 0 Å². The number of rotatable bonds is 3. The molecule has 0 bridgehead atoms. The van der Waals surface area contributed by atoms with Crippen LogP contribution in [0.5, 0.6) is 0 Å². The first-order valence-corrected chi connectivity index (χ1v) is 6.32. The van der Waals surface area contributed by atoms with Crippen LogP contribution in [0.3, 0.4) is 0 Å². The van der Waals surface area contributed by atoms with Crippen molar-refractivity contribution in [3.63, 3.8) is 0 Å². The molecule has 0 radical (unpaired) electrons. The van der Waals surface area contributed by atoms with Crippen LogP contribution in [0.15, 0.2) is 12.3 Å². The third kappa shape index (κ3) is 2.61. The molecule has 5 nitrogen and oxygen atoms in total. The van der Waals surface area contributed by atoms with Gasteiger partial charge in [0.05, 0.1) is 12.2 Å². The number of piperazine rings is 1. The zero-order chi connectivity index (χ0) is 13.0. The lowest BCUT2D eigenvalue weighted by molar-refractivity contribution is 0.0525. The lowest BCUT2D eigenvalue weighted by Gasteiger charge is -2.29. The van der Waals surface area contributed by atoms with Crippen LogP contribution in [0, 0.1) is 6.92 Å². The number of hydrogen-bond donors (Lipinski definition) is 1. The molecule has 1 aliphatic heterocycles. The molecule has 0 atom stereocenters. The Morgan fingerprint density at radius 3 is 2.89 bits per heavy atom. The Balaban J connectivity index is 2.26. The van der Waals surface area contributed by atoms with Gasteiger partial charge in [0.25, 0.3) is 0 Å². The van der Waals surface area contributed by atoms with Gasteiger partial charge in [0.2, 0.25) is 0 Å². The van der Waals surface area contributed by atoms with Crippen molar-refractivity contribution in [3.05, 3.63) is 23.4 Å². The van der Waals surface area contributed by atoms with Crippen molar-refractivity contribution in [1.29, 1.82) is 0 Å². The summed E-state index contributed by atoms with van der Waals surface area (Å²) in [6, 6.07) is 1.72. The second-order valence-corrected chi connectivity index (χ2v) is 4.26. The van der Waals surface area contributed by atoms with Crippen molar-refractivity contribution in [2.24, 2.45) is 0 Å². The number of anilines is 1. The molecule has 98 valence electrons. The molecule has 18 heavy (non-hydrogen) atoms. The Morgan fingerprint density at radius 2 is 2.22 bits per heavy atom. The van der Waals surface area contributed by atoms with Crippen molar-refractivity contribution in [2.75, 3.05) is 37.7 Å². The van der Waals surface area contributed by atoms with Gasteiger partial charge in [-0.3, -0.25) is 0 Å². The number of aromatic nitrogens is 1. The summed E-state index contributed by atoms with van der Waals surface area (Å²) in [6.07, 6.45) is 1.68. The summed E-state index contributed by atoms with van der Waals surface area (Å²) in [5.41, 5.74) is 1.51. The van der Waals surface area contributed by atoms with Crippen LogP contribution in [-0.4, -0.2) is 43.7 Å². The molecule has 1 N–H and O–H groups in total. The van der Waals surface area contributed by atoms with Crippen molar-refractivity contribution in [1.82, 2.24) is 10.3 Å². The number of nitrogens with zero attached hydrogens (tertiary/aromatic N) is 2. The van der Waals surface area contributed by atoms with E-state index in [1.807, 2.05) is 13.8 Å². The van der Waals surface area contributed by atoms with Gasteiger partial charge in [0.15, 0.2) is 0 Å². The summed E-state index contributed by atoms with van der Waals surface area (Å²) in [4.78, 5) is 18.4. The van der Waals surface area contributed by atoms with E-state index in [-0.39, 0.29) is 5.97 Å². The van der Waals surface area contributed by atoms with Crippen molar-refractivity contribution >= 4 is 11.8 Å². The fourth-order valence-corrected chi connectivity index (χ4v) is 2.15. The van der Waals surface area contributed by atoms with E-state index in [0.717, 1.165) is 37.6 Å². The normalized spacial score (nSPS) is 15.6. The van der Waals surface area contributed by atoms with Gasteiger partial charge >= 0.3 is 5.97 Å². The van der Waals surface area contributed by atoms with Crippen molar-refractivity contribution in [2.45, 2.75) is 13.8 Å². The van der Waals surface area contributed by atoms with Gasteiger partial charge in [0.1, 0.15) is 5.82 Å². The van der Waals surface area contributed by atoms with Crippen LogP contribution in [-0.2, 0) is 4.74 Å². The van der Waals surface area contributed by atoms with E-state index in [9.17, 15) is 4.79 Å². The number of nitrogens with one attached hydrogen (secondary N) is 1. The summed E-state index contributed by atoms with van der Waals surface area (Å²) < 4.78 is 5.05. The van der Waals surface area contributed by atoms with Crippen LogP contribution < -0.4 is 10.2 Å². The molecule has 0 spiro atoms. The van der Waals surface area contributed by atoms with E-state index >= 15 is 0 Å². The maximum absolute atomic E-state index is 11.8. The van der Waals surface area contributed by atoms with Crippen molar-refractivity contribution < 1.29 is 9.53 Å². The zero-order valence-electron chi connectivity index (χ0n) is 10.9. The third-order valence-electron chi connectivity index (χ3n) is 3.09. The average molecular weight is 249 g/mol. The Hall–Kier alpha value is -1.62. The maximum atomic E-state index is 11.8. The quantitative estimate of drug-likeness (QED) is 0.809. The molecular weight excluding hydrogens is 230 g/mol. The lowest BCUT2D eigenvalue weighted by atomic mass is 10.1.